The van der Waals surface area contributed by atoms with Crippen LogP contribution in [0.2, 0.25) is 0 Å². The van der Waals surface area contributed by atoms with Crippen molar-refractivity contribution >= 4 is 24.0 Å². The van der Waals surface area contributed by atoms with E-state index in [0.29, 0.717) is 22.7 Å². The van der Waals surface area contributed by atoms with E-state index in [1.807, 2.05) is 4.90 Å². The predicted octanol–water partition coefficient (Wildman–Crippen LogP) is 3.37. The second-order valence-electron chi connectivity index (χ2n) is 6.76. The lowest BCUT2D eigenvalue weighted by atomic mass is 9.77. The molecule has 4 nitrogen and oxygen atoms in total. The Morgan fingerprint density at radius 1 is 1.29 bits per heavy atom. The summed E-state index contributed by atoms with van der Waals surface area (Å²) >= 11 is 0. The first-order valence-corrected chi connectivity index (χ1v) is 7.39. The fraction of sp³-hybridized carbons (Fsp3) is 0.625. The normalized spacial score (nSPS) is 19.6. The highest BCUT2D eigenvalue weighted by Crippen LogP contribution is 2.34. The van der Waals surface area contributed by atoms with Crippen molar-refractivity contribution in [2.75, 3.05) is 18.8 Å². The minimum absolute atomic E-state index is 0. The van der Waals surface area contributed by atoms with Gasteiger partial charge in [0.25, 0.3) is 5.91 Å². The Morgan fingerprint density at radius 3 is 2.57 bits per heavy atom. The Hall–Kier alpha value is -1.29. The Morgan fingerprint density at radius 2 is 2.00 bits per heavy atom. The zero-order valence-corrected chi connectivity index (χ0v) is 13.9. The lowest BCUT2D eigenvalue weighted by Crippen LogP contribution is -2.33. The van der Waals surface area contributed by atoms with E-state index in [1.54, 1.807) is 18.3 Å². The number of nitrogens with zero attached hydrogens (tertiary/aromatic N) is 2. The van der Waals surface area contributed by atoms with Crippen LogP contribution in [0.4, 0.5) is 5.69 Å². The molecule has 0 aliphatic carbocycles. The van der Waals surface area contributed by atoms with Gasteiger partial charge in [0.2, 0.25) is 0 Å². The number of carbonyl (C=O) groups is 1. The number of halogens is 1. The molecule has 2 rings (SSSR count). The molecule has 1 aliphatic rings. The van der Waals surface area contributed by atoms with E-state index in [0.717, 1.165) is 25.9 Å². The van der Waals surface area contributed by atoms with Gasteiger partial charge in [-0.3, -0.25) is 4.79 Å². The molecule has 2 heterocycles. The molecule has 0 bridgehead atoms. The maximum atomic E-state index is 12.4. The van der Waals surface area contributed by atoms with Crippen molar-refractivity contribution in [2.45, 2.75) is 40.0 Å². The molecule has 1 aromatic heterocycles. The maximum Gasteiger partial charge on any atom is 0.272 e. The Labute approximate surface area is 133 Å². The number of rotatable bonds is 1. The average Bonchev–Trinajstić information content (AvgIpc) is 2.64. The number of amides is 1. The van der Waals surface area contributed by atoms with Crippen molar-refractivity contribution in [2.24, 2.45) is 11.3 Å². The van der Waals surface area contributed by atoms with Gasteiger partial charge in [-0.15, -0.1) is 12.4 Å². The van der Waals surface area contributed by atoms with Crippen LogP contribution in [0.25, 0.3) is 0 Å². The standard InChI is InChI=1S/C16H25N3O.ClH/c1-16(2,3)12-5-4-9-19(10-8-12)15(20)14-7-6-13(17)11-18-14;/h6-7,11-12H,4-5,8-10,17H2,1-3H3;1H. The molecule has 118 valence electrons. The van der Waals surface area contributed by atoms with E-state index in [2.05, 4.69) is 25.8 Å². The summed E-state index contributed by atoms with van der Waals surface area (Å²) in [6, 6.07) is 3.44. The Kier molecular flexibility index (Phi) is 6.02. The number of likely N-dealkylation sites (tertiary alicyclic amines) is 1. The minimum Gasteiger partial charge on any atom is -0.397 e. The van der Waals surface area contributed by atoms with Gasteiger partial charge in [0.05, 0.1) is 11.9 Å². The summed E-state index contributed by atoms with van der Waals surface area (Å²) in [4.78, 5) is 18.5. The average molecular weight is 312 g/mol. The molecule has 0 saturated carbocycles. The SMILES string of the molecule is CC(C)(C)C1CCCN(C(=O)c2ccc(N)cn2)CC1.Cl. The molecule has 2 N–H and O–H groups in total. The lowest BCUT2D eigenvalue weighted by Gasteiger charge is -2.29. The van der Waals surface area contributed by atoms with Crippen molar-refractivity contribution in [3.63, 3.8) is 0 Å². The van der Waals surface area contributed by atoms with Crippen molar-refractivity contribution in [3.05, 3.63) is 24.0 Å². The van der Waals surface area contributed by atoms with E-state index in [9.17, 15) is 4.79 Å². The molecule has 1 unspecified atom stereocenters. The second kappa shape index (κ2) is 7.12. The molecular formula is C16H26ClN3O. The number of carbonyl (C=O) groups excluding carboxylic acids is 1. The zero-order chi connectivity index (χ0) is 14.8. The largest absolute Gasteiger partial charge is 0.397 e. The summed E-state index contributed by atoms with van der Waals surface area (Å²) in [5, 5.41) is 0. The van der Waals surface area contributed by atoms with Gasteiger partial charge in [-0.2, -0.15) is 0 Å². The van der Waals surface area contributed by atoms with Crippen LogP contribution >= 0.6 is 12.4 Å². The minimum atomic E-state index is 0. The molecule has 5 heteroatoms. The number of aromatic nitrogens is 1. The van der Waals surface area contributed by atoms with E-state index >= 15 is 0 Å². The topological polar surface area (TPSA) is 59.2 Å². The molecule has 1 fully saturated rings. The first-order chi connectivity index (χ1) is 9.38. The smallest absolute Gasteiger partial charge is 0.272 e. The molecule has 21 heavy (non-hydrogen) atoms. The van der Waals surface area contributed by atoms with Crippen LogP contribution in [0.15, 0.2) is 18.3 Å². The van der Waals surface area contributed by atoms with Crippen LogP contribution in [-0.4, -0.2) is 28.9 Å². The van der Waals surface area contributed by atoms with E-state index in [1.165, 1.54) is 6.42 Å². The first-order valence-electron chi connectivity index (χ1n) is 7.39. The number of hydrogen-bond acceptors (Lipinski definition) is 3. The number of pyridine rings is 1. The quantitative estimate of drug-likeness (QED) is 0.865. The highest BCUT2D eigenvalue weighted by Gasteiger charge is 2.28. The van der Waals surface area contributed by atoms with E-state index in [-0.39, 0.29) is 18.3 Å². The molecule has 1 amide bonds. The first kappa shape index (κ1) is 17.8. The molecule has 0 radical (unpaired) electrons. The Bertz CT molecular complexity index is 467. The van der Waals surface area contributed by atoms with Crippen molar-refractivity contribution in [1.29, 1.82) is 0 Å². The third-order valence-corrected chi connectivity index (χ3v) is 4.25. The summed E-state index contributed by atoms with van der Waals surface area (Å²) in [7, 11) is 0. The highest BCUT2D eigenvalue weighted by atomic mass is 35.5. The summed E-state index contributed by atoms with van der Waals surface area (Å²) in [5.74, 6) is 0.708. The van der Waals surface area contributed by atoms with E-state index < -0.39 is 0 Å². The lowest BCUT2D eigenvalue weighted by molar-refractivity contribution is 0.0750. The third kappa shape index (κ3) is 4.60. The summed E-state index contributed by atoms with van der Waals surface area (Å²) in [6.07, 6.45) is 4.89. The van der Waals surface area contributed by atoms with Crippen LogP contribution in [0.3, 0.4) is 0 Å². The summed E-state index contributed by atoms with van der Waals surface area (Å²) in [5.41, 5.74) is 7.01. The van der Waals surface area contributed by atoms with Crippen molar-refractivity contribution in [1.82, 2.24) is 9.88 Å². The van der Waals surface area contributed by atoms with Crippen LogP contribution in [0.1, 0.15) is 50.5 Å². The van der Waals surface area contributed by atoms with Crippen molar-refractivity contribution < 1.29 is 4.79 Å². The summed E-state index contributed by atoms with van der Waals surface area (Å²) in [6.45, 7) is 8.52. The molecule has 1 atom stereocenters. The fourth-order valence-electron chi connectivity index (χ4n) is 2.86. The second-order valence-corrected chi connectivity index (χ2v) is 6.76. The number of nitrogens with two attached hydrogens (primary N) is 1. The molecule has 0 aromatic carbocycles. The van der Waals surface area contributed by atoms with Crippen LogP contribution in [0, 0.1) is 11.3 Å². The van der Waals surface area contributed by atoms with Gasteiger partial charge < -0.3 is 10.6 Å². The van der Waals surface area contributed by atoms with Crippen LogP contribution in [0.5, 0.6) is 0 Å². The summed E-state index contributed by atoms with van der Waals surface area (Å²) < 4.78 is 0. The van der Waals surface area contributed by atoms with Gasteiger partial charge >= 0.3 is 0 Å². The van der Waals surface area contributed by atoms with Crippen LogP contribution < -0.4 is 5.73 Å². The molecule has 1 aliphatic heterocycles. The van der Waals surface area contributed by atoms with Gasteiger partial charge in [-0.1, -0.05) is 20.8 Å². The van der Waals surface area contributed by atoms with Gasteiger partial charge in [-0.25, -0.2) is 4.98 Å². The highest BCUT2D eigenvalue weighted by molar-refractivity contribution is 5.92. The van der Waals surface area contributed by atoms with Crippen LogP contribution in [-0.2, 0) is 0 Å². The molecule has 1 saturated heterocycles. The number of hydrogen-bond donors (Lipinski definition) is 1. The zero-order valence-electron chi connectivity index (χ0n) is 13.1. The van der Waals surface area contributed by atoms with Gasteiger partial charge in [0, 0.05) is 13.1 Å². The predicted molar refractivity (Wildman–Crippen MR) is 88.6 cm³/mol. The van der Waals surface area contributed by atoms with E-state index in [4.69, 9.17) is 5.73 Å². The monoisotopic (exact) mass is 311 g/mol. The number of nitrogen functional groups attached to an aromatic ring is 1. The molecule has 1 aromatic rings. The molecule has 0 spiro atoms. The van der Waals surface area contributed by atoms with Gasteiger partial charge in [0.15, 0.2) is 0 Å². The number of anilines is 1. The van der Waals surface area contributed by atoms with Gasteiger partial charge in [-0.05, 0) is 42.7 Å². The van der Waals surface area contributed by atoms with Gasteiger partial charge in [0.1, 0.15) is 5.69 Å². The van der Waals surface area contributed by atoms with Crippen molar-refractivity contribution in [3.8, 4) is 0 Å². The molecular weight excluding hydrogens is 286 g/mol. The maximum absolute atomic E-state index is 12.4. The Balaban J connectivity index is 0.00000220. The third-order valence-electron chi connectivity index (χ3n) is 4.25. The fourth-order valence-corrected chi connectivity index (χ4v) is 2.86.